The summed E-state index contributed by atoms with van der Waals surface area (Å²) in [6.45, 7) is 5.56. The highest BCUT2D eigenvalue weighted by Gasteiger charge is 2.26. The van der Waals surface area contributed by atoms with Crippen LogP contribution in [0.1, 0.15) is 61.9 Å². The molecule has 0 atom stereocenters. The molecule has 1 saturated carbocycles. The lowest BCUT2D eigenvalue weighted by Gasteiger charge is -2.31. The second-order valence-electron chi connectivity index (χ2n) is 7.44. The van der Waals surface area contributed by atoms with Gasteiger partial charge in [-0.05, 0) is 37.5 Å². The van der Waals surface area contributed by atoms with E-state index in [9.17, 15) is 18.0 Å². The number of carbonyl (C=O) groups excluding carboxylic acids is 2. The number of benzene rings is 1. The van der Waals surface area contributed by atoms with Gasteiger partial charge in [0.1, 0.15) is 0 Å². The largest absolute Gasteiger partial charge is 0.452 e. The Kier molecular flexibility index (Phi) is 8.22. The highest BCUT2D eigenvalue weighted by molar-refractivity contribution is 7.89. The number of ether oxygens (including phenoxy) is 1. The summed E-state index contributed by atoms with van der Waals surface area (Å²) < 4.78 is 32.2. The Hall–Kier alpha value is -1.93. The fraction of sp³-hybridized carbons (Fsp3) is 0.619. The fourth-order valence-electron chi connectivity index (χ4n) is 3.69. The smallest absolute Gasteiger partial charge is 0.338 e. The van der Waals surface area contributed by atoms with Crippen LogP contribution in [0.2, 0.25) is 0 Å². The van der Waals surface area contributed by atoms with Crippen LogP contribution in [0, 0.1) is 6.92 Å². The first-order chi connectivity index (χ1) is 13.7. The summed E-state index contributed by atoms with van der Waals surface area (Å²) in [4.78, 5) is 26.6. The van der Waals surface area contributed by atoms with Crippen molar-refractivity contribution in [2.75, 3.05) is 26.7 Å². The second kappa shape index (κ2) is 10.2. The van der Waals surface area contributed by atoms with Crippen LogP contribution in [0.25, 0.3) is 0 Å². The van der Waals surface area contributed by atoms with Gasteiger partial charge in [0.25, 0.3) is 5.91 Å². The zero-order chi connectivity index (χ0) is 21.6. The van der Waals surface area contributed by atoms with Crippen LogP contribution in [0.4, 0.5) is 0 Å². The molecule has 8 heteroatoms. The zero-order valence-corrected chi connectivity index (χ0v) is 18.6. The Labute approximate surface area is 174 Å². The molecule has 0 N–H and O–H groups in total. The van der Waals surface area contributed by atoms with Crippen molar-refractivity contribution in [3.05, 3.63) is 29.3 Å². The van der Waals surface area contributed by atoms with Gasteiger partial charge in [-0.25, -0.2) is 13.2 Å². The third kappa shape index (κ3) is 5.57. The number of hydrogen-bond acceptors (Lipinski definition) is 5. The van der Waals surface area contributed by atoms with Crippen molar-refractivity contribution in [1.29, 1.82) is 0 Å². The maximum Gasteiger partial charge on any atom is 0.338 e. The van der Waals surface area contributed by atoms with Crippen molar-refractivity contribution < 1.29 is 22.7 Å². The molecule has 0 aliphatic heterocycles. The number of carbonyl (C=O) groups is 2. The van der Waals surface area contributed by atoms with Crippen LogP contribution in [-0.4, -0.2) is 62.3 Å². The van der Waals surface area contributed by atoms with Gasteiger partial charge >= 0.3 is 5.97 Å². The van der Waals surface area contributed by atoms with Crippen LogP contribution >= 0.6 is 0 Å². The summed E-state index contributed by atoms with van der Waals surface area (Å²) in [6, 6.07) is 4.64. The van der Waals surface area contributed by atoms with Crippen molar-refractivity contribution in [3.63, 3.8) is 0 Å². The maximum absolute atomic E-state index is 12.8. The van der Waals surface area contributed by atoms with E-state index in [-0.39, 0.29) is 29.0 Å². The number of rotatable bonds is 8. The van der Waals surface area contributed by atoms with Gasteiger partial charge in [0, 0.05) is 26.2 Å². The highest BCUT2D eigenvalue weighted by Crippen LogP contribution is 2.23. The molecule has 0 aromatic heterocycles. The van der Waals surface area contributed by atoms with Crippen LogP contribution in [0.5, 0.6) is 0 Å². The first kappa shape index (κ1) is 23.3. The van der Waals surface area contributed by atoms with Crippen LogP contribution in [0.3, 0.4) is 0 Å². The second-order valence-corrected chi connectivity index (χ2v) is 9.35. The molecule has 162 valence electrons. The summed E-state index contributed by atoms with van der Waals surface area (Å²) in [5, 5.41) is 0. The van der Waals surface area contributed by atoms with Crippen molar-refractivity contribution >= 4 is 21.9 Å². The number of aryl methyl sites for hydroxylation is 1. The van der Waals surface area contributed by atoms with E-state index in [2.05, 4.69) is 0 Å². The fourth-order valence-corrected chi connectivity index (χ4v) is 5.40. The van der Waals surface area contributed by atoms with E-state index in [1.54, 1.807) is 38.8 Å². The molecule has 7 nitrogen and oxygen atoms in total. The predicted octanol–water partition coefficient (Wildman–Crippen LogP) is 2.97. The minimum absolute atomic E-state index is 0.0845. The summed E-state index contributed by atoms with van der Waals surface area (Å²) >= 11 is 0. The first-order valence-electron chi connectivity index (χ1n) is 10.3. The average molecular weight is 425 g/mol. The Morgan fingerprint density at radius 3 is 2.31 bits per heavy atom. The van der Waals surface area contributed by atoms with Crippen LogP contribution < -0.4 is 0 Å². The van der Waals surface area contributed by atoms with Crippen LogP contribution in [-0.2, 0) is 19.6 Å². The number of hydrogen-bond donors (Lipinski definition) is 0. The van der Waals surface area contributed by atoms with E-state index in [0.29, 0.717) is 18.7 Å². The SMILES string of the molecule is CCN(CC)S(=O)(=O)c1cc(C(=O)OCC(=O)N(C)C2CCCCC2)ccc1C. The third-order valence-corrected chi connectivity index (χ3v) is 7.78. The Bertz CT molecular complexity index is 827. The number of sulfonamides is 1. The molecule has 0 bridgehead atoms. The monoisotopic (exact) mass is 424 g/mol. The zero-order valence-electron chi connectivity index (χ0n) is 17.8. The molecule has 0 saturated heterocycles. The molecule has 1 aromatic rings. The molecule has 1 aliphatic carbocycles. The Morgan fingerprint density at radius 1 is 1.10 bits per heavy atom. The molecule has 1 fully saturated rings. The van der Waals surface area contributed by atoms with Gasteiger partial charge in [-0.1, -0.05) is 39.2 Å². The number of nitrogens with zero attached hydrogens (tertiary/aromatic N) is 2. The lowest BCUT2D eigenvalue weighted by molar-refractivity contribution is -0.135. The molecule has 1 aromatic carbocycles. The van der Waals surface area contributed by atoms with Gasteiger partial charge in [-0.2, -0.15) is 4.31 Å². The number of esters is 1. The standard InChI is InChI=1S/C21H32N2O5S/c1-5-23(6-2)29(26,27)19-14-17(13-12-16(19)3)21(25)28-15-20(24)22(4)18-10-8-7-9-11-18/h12-14,18H,5-11,15H2,1-4H3. The quantitative estimate of drug-likeness (QED) is 0.599. The molecular weight excluding hydrogens is 392 g/mol. The van der Waals surface area contributed by atoms with E-state index < -0.39 is 16.0 Å². The van der Waals surface area contributed by atoms with Crippen molar-refractivity contribution in [3.8, 4) is 0 Å². The number of likely N-dealkylation sites (N-methyl/N-ethyl adjacent to an activating group) is 1. The molecule has 0 spiro atoms. The molecule has 1 aliphatic rings. The normalized spacial score (nSPS) is 15.3. The van der Waals surface area contributed by atoms with E-state index in [0.717, 1.165) is 25.7 Å². The van der Waals surface area contributed by atoms with E-state index in [1.165, 1.54) is 22.9 Å². The first-order valence-corrected chi connectivity index (χ1v) is 11.7. The van der Waals surface area contributed by atoms with E-state index in [4.69, 9.17) is 4.74 Å². The molecule has 29 heavy (non-hydrogen) atoms. The third-order valence-electron chi connectivity index (χ3n) is 5.59. The predicted molar refractivity (Wildman–Crippen MR) is 111 cm³/mol. The van der Waals surface area contributed by atoms with Gasteiger partial charge in [-0.15, -0.1) is 0 Å². The van der Waals surface area contributed by atoms with Gasteiger partial charge in [-0.3, -0.25) is 4.79 Å². The van der Waals surface area contributed by atoms with Crippen molar-refractivity contribution in [1.82, 2.24) is 9.21 Å². The Morgan fingerprint density at radius 2 is 1.72 bits per heavy atom. The minimum atomic E-state index is -3.70. The molecule has 0 radical (unpaired) electrons. The maximum atomic E-state index is 12.8. The summed E-state index contributed by atoms with van der Waals surface area (Å²) in [5.41, 5.74) is 0.677. The minimum Gasteiger partial charge on any atom is -0.452 e. The molecule has 0 unspecified atom stereocenters. The lowest BCUT2D eigenvalue weighted by Crippen LogP contribution is -2.40. The summed E-state index contributed by atoms with van der Waals surface area (Å²) in [7, 11) is -1.95. The van der Waals surface area contributed by atoms with Crippen molar-refractivity contribution in [2.45, 2.75) is 63.8 Å². The van der Waals surface area contributed by atoms with Gasteiger partial charge in [0.05, 0.1) is 10.5 Å². The summed E-state index contributed by atoms with van der Waals surface area (Å²) in [5.74, 6) is -0.945. The Balaban J connectivity index is 2.08. The van der Waals surface area contributed by atoms with E-state index in [1.807, 2.05) is 0 Å². The summed E-state index contributed by atoms with van der Waals surface area (Å²) in [6.07, 6.45) is 5.35. The van der Waals surface area contributed by atoms with E-state index >= 15 is 0 Å². The number of amides is 1. The molecular formula is C21H32N2O5S. The average Bonchev–Trinajstić information content (AvgIpc) is 2.72. The molecule has 0 heterocycles. The topological polar surface area (TPSA) is 84.0 Å². The molecule has 2 rings (SSSR count). The lowest BCUT2D eigenvalue weighted by atomic mass is 9.94. The molecule has 1 amide bonds. The highest BCUT2D eigenvalue weighted by atomic mass is 32.2. The van der Waals surface area contributed by atoms with Gasteiger partial charge in [0.15, 0.2) is 6.61 Å². The van der Waals surface area contributed by atoms with Gasteiger partial charge in [0.2, 0.25) is 10.0 Å². The van der Waals surface area contributed by atoms with Crippen LogP contribution in [0.15, 0.2) is 23.1 Å². The van der Waals surface area contributed by atoms with Gasteiger partial charge < -0.3 is 9.64 Å². The van der Waals surface area contributed by atoms with Crippen molar-refractivity contribution in [2.24, 2.45) is 0 Å².